The van der Waals surface area contributed by atoms with Crippen molar-refractivity contribution in [3.05, 3.63) is 58.5 Å². The second-order valence-electron chi connectivity index (χ2n) is 5.24. The number of aromatic nitrogens is 3. The largest absolute Gasteiger partial charge is 0.494 e. The van der Waals surface area contributed by atoms with E-state index >= 15 is 0 Å². The molecule has 2 heterocycles. The van der Waals surface area contributed by atoms with Crippen molar-refractivity contribution in [1.29, 1.82) is 0 Å². The number of halogens is 2. The molecular weight excluding hydrogens is 378 g/mol. The fourth-order valence-corrected chi connectivity index (χ4v) is 2.35. The van der Waals surface area contributed by atoms with Gasteiger partial charge in [0.1, 0.15) is 29.6 Å². The molecule has 0 aliphatic heterocycles. The van der Waals surface area contributed by atoms with Gasteiger partial charge in [0.05, 0.1) is 12.8 Å². The summed E-state index contributed by atoms with van der Waals surface area (Å²) in [6, 6.07) is 10.6. The number of nitrogens with zero attached hydrogens (tertiary/aromatic N) is 3. The number of H-pyrrole nitrogens is 1. The van der Waals surface area contributed by atoms with E-state index in [4.69, 9.17) is 26.1 Å². The number of ether oxygens (including phenoxy) is 2. The van der Waals surface area contributed by atoms with Gasteiger partial charge in [0.2, 0.25) is 10.6 Å². The molecule has 0 atom stereocenters. The zero-order chi connectivity index (χ0) is 19.2. The molecule has 1 N–H and O–H groups in total. The van der Waals surface area contributed by atoms with Gasteiger partial charge in [0.25, 0.3) is 6.43 Å². The zero-order valence-electron chi connectivity index (χ0n) is 14.3. The summed E-state index contributed by atoms with van der Waals surface area (Å²) in [6.45, 7) is 2.71. The van der Waals surface area contributed by atoms with Crippen LogP contribution in [-0.4, -0.2) is 27.7 Å². The topological polar surface area (TPSA) is 77.6 Å². The first-order chi connectivity index (χ1) is 13.1. The van der Waals surface area contributed by atoms with E-state index in [-0.39, 0.29) is 11.4 Å². The van der Waals surface area contributed by atoms with E-state index < -0.39 is 12.2 Å². The van der Waals surface area contributed by atoms with Crippen LogP contribution in [0.2, 0.25) is 0 Å². The van der Waals surface area contributed by atoms with Gasteiger partial charge >= 0.3 is 0 Å². The third-order valence-corrected chi connectivity index (χ3v) is 3.63. The molecule has 142 valence electrons. The number of aromatic amines is 1. The summed E-state index contributed by atoms with van der Waals surface area (Å²) in [5.41, 5.74) is 0. The van der Waals surface area contributed by atoms with Gasteiger partial charge in [0.15, 0.2) is 0 Å². The van der Waals surface area contributed by atoms with Gasteiger partial charge in [-0.15, -0.1) is 0 Å². The minimum absolute atomic E-state index is 0.0350. The third-order valence-electron chi connectivity index (χ3n) is 3.37. The fraction of sp³-hybridized carbons (Fsp3) is 0.235. The molecule has 10 heteroatoms. The van der Waals surface area contributed by atoms with E-state index in [0.717, 1.165) is 10.4 Å². The second kappa shape index (κ2) is 8.58. The highest BCUT2D eigenvalue weighted by Crippen LogP contribution is 2.19. The summed E-state index contributed by atoms with van der Waals surface area (Å²) in [7, 11) is 0. The predicted molar refractivity (Wildman–Crippen MR) is 96.0 cm³/mol. The first-order valence-electron chi connectivity index (χ1n) is 8.01. The normalized spacial score (nSPS) is 11.4. The number of alkyl halides is 2. The summed E-state index contributed by atoms with van der Waals surface area (Å²) in [5, 5.41) is 9.59. The van der Waals surface area contributed by atoms with Gasteiger partial charge in [-0.1, -0.05) is 0 Å². The lowest BCUT2D eigenvalue weighted by Crippen LogP contribution is -1.99. The van der Waals surface area contributed by atoms with Crippen molar-refractivity contribution in [1.82, 2.24) is 14.9 Å². The van der Waals surface area contributed by atoms with Crippen LogP contribution in [0, 0.1) is 4.77 Å². The van der Waals surface area contributed by atoms with Gasteiger partial charge in [-0.3, -0.25) is 0 Å². The average Bonchev–Trinajstić information content (AvgIpc) is 3.26. The van der Waals surface area contributed by atoms with Gasteiger partial charge in [-0.2, -0.15) is 14.9 Å². The first kappa shape index (κ1) is 18.8. The molecule has 1 aromatic carbocycles. The first-order valence-corrected chi connectivity index (χ1v) is 8.42. The molecule has 0 amide bonds. The summed E-state index contributed by atoms with van der Waals surface area (Å²) in [5.74, 6) is 1.78. The van der Waals surface area contributed by atoms with E-state index in [2.05, 4.69) is 15.3 Å². The molecule has 2 aromatic heterocycles. The van der Waals surface area contributed by atoms with Gasteiger partial charge in [0, 0.05) is 0 Å². The Morgan fingerprint density at radius 3 is 2.59 bits per heavy atom. The summed E-state index contributed by atoms with van der Waals surface area (Å²) < 4.78 is 43.0. The Kier molecular flexibility index (Phi) is 5.97. The molecule has 0 saturated carbocycles. The predicted octanol–water partition coefficient (Wildman–Crippen LogP) is 4.33. The summed E-state index contributed by atoms with van der Waals surface area (Å²) in [4.78, 5) is 0. The highest BCUT2D eigenvalue weighted by molar-refractivity contribution is 7.71. The molecule has 27 heavy (non-hydrogen) atoms. The Morgan fingerprint density at radius 2 is 1.93 bits per heavy atom. The lowest BCUT2D eigenvalue weighted by molar-refractivity contribution is 0.136. The Balaban J connectivity index is 1.62. The minimum Gasteiger partial charge on any atom is -0.494 e. The van der Waals surface area contributed by atoms with E-state index in [9.17, 15) is 8.78 Å². The molecule has 3 aromatic rings. The number of hydrogen-bond donors (Lipinski definition) is 1. The molecule has 0 aliphatic carbocycles. The molecular formula is C17H16F2N4O3S. The van der Waals surface area contributed by atoms with Gasteiger partial charge < -0.3 is 13.9 Å². The Bertz CT molecular complexity index is 963. The van der Waals surface area contributed by atoms with Gasteiger partial charge in [-0.05, 0) is 55.5 Å². The quantitative estimate of drug-likeness (QED) is 0.454. The van der Waals surface area contributed by atoms with Gasteiger partial charge in [-0.25, -0.2) is 13.9 Å². The molecule has 0 aliphatic rings. The highest BCUT2D eigenvalue weighted by atomic mass is 32.1. The minimum atomic E-state index is -2.80. The maximum atomic E-state index is 12.8. The van der Waals surface area contributed by atoms with E-state index in [1.54, 1.807) is 24.3 Å². The van der Waals surface area contributed by atoms with Crippen molar-refractivity contribution >= 4 is 18.4 Å². The monoisotopic (exact) mass is 394 g/mol. The number of nitrogens with one attached hydrogen (secondary N) is 1. The standard InChI is InChI=1S/C17H16F2N4O3S/c1-2-24-11-3-5-12(6-4-11)25-10-14-8-7-13(26-14)9-20-23-16(15(18)19)21-22-17(23)27/h3-9,15H,2,10H2,1H3,(H,22,27)/b20-9-. The highest BCUT2D eigenvalue weighted by Gasteiger charge is 2.16. The molecule has 7 nitrogen and oxygen atoms in total. The van der Waals surface area contributed by atoms with Crippen molar-refractivity contribution in [2.24, 2.45) is 5.10 Å². The maximum Gasteiger partial charge on any atom is 0.299 e. The zero-order valence-corrected chi connectivity index (χ0v) is 15.1. The number of benzene rings is 1. The molecule has 0 radical (unpaired) electrons. The van der Waals surface area contributed by atoms with Crippen LogP contribution in [0.1, 0.15) is 30.7 Å². The fourth-order valence-electron chi connectivity index (χ4n) is 2.17. The van der Waals surface area contributed by atoms with Crippen LogP contribution in [0.3, 0.4) is 0 Å². The lowest BCUT2D eigenvalue weighted by Gasteiger charge is -2.06. The van der Waals surface area contributed by atoms with Crippen molar-refractivity contribution in [2.75, 3.05) is 6.61 Å². The Hall–Kier alpha value is -3.01. The van der Waals surface area contributed by atoms with Crippen LogP contribution in [0.5, 0.6) is 11.5 Å². The summed E-state index contributed by atoms with van der Waals surface area (Å²) >= 11 is 4.87. The SMILES string of the molecule is CCOc1ccc(OCc2ccc(/C=N\n3c(C(F)F)n[nH]c3=S)o2)cc1. The van der Waals surface area contributed by atoms with Crippen molar-refractivity contribution in [2.45, 2.75) is 20.0 Å². The van der Waals surface area contributed by atoms with E-state index in [0.29, 0.717) is 23.9 Å². The number of furan rings is 1. The molecule has 0 bridgehead atoms. The van der Waals surface area contributed by atoms with Crippen molar-refractivity contribution < 1.29 is 22.7 Å². The maximum absolute atomic E-state index is 12.8. The Labute approximate surface area is 158 Å². The molecule has 3 rings (SSSR count). The van der Waals surface area contributed by atoms with Crippen LogP contribution < -0.4 is 9.47 Å². The van der Waals surface area contributed by atoms with Crippen molar-refractivity contribution in [3.8, 4) is 11.5 Å². The Morgan fingerprint density at radius 1 is 1.22 bits per heavy atom. The number of rotatable bonds is 8. The second-order valence-corrected chi connectivity index (χ2v) is 5.63. The molecule has 0 unspecified atom stereocenters. The number of hydrogen-bond acceptors (Lipinski definition) is 6. The van der Waals surface area contributed by atoms with Crippen LogP contribution in [0.25, 0.3) is 0 Å². The lowest BCUT2D eigenvalue weighted by atomic mass is 10.3. The van der Waals surface area contributed by atoms with Crippen molar-refractivity contribution in [3.63, 3.8) is 0 Å². The van der Waals surface area contributed by atoms with Crippen LogP contribution in [0.15, 0.2) is 45.9 Å². The van der Waals surface area contributed by atoms with Crippen LogP contribution in [0.4, 0.5) is 8.78 Å². The van der Waals surface area contributed by atoms with E-state index in [1.165, 1.54) is 6.21 Å². The summed E-state index contributed by atoms with van der Waals surface area (Å²) in [6.07, 6.45) is -1.53. The molecule has 0 spiro atoms. The van der Waals surface area contributed by atoms with Crippen LogP contribution >= 0.6 is 12.2 Å². The molecule has 0 saturated heterocycles. The smallest absolute Gasteiger partial charge is 0.299 e. The average molecular weight is 394 g/mol. The van der Waals surface area contributed by atoms with E-state index in [1.807, 2.05) is 19.1 Å². The molecule has 0 fully saturated rings. The third kappa shape index (κ3) is 4.79. The van der Waals surface area contributed by atoms with Crippen LogP contribution in [-0.2, 0) is 6.61 Å².